The quantitative estimate of drug-likeness (QED) is 0.805. The zero-order valence-electron chi connectivity index (χ0n) is 8.70. The van der Waals surface area contributed by atoms with Gasteiger partial charge in [0.2, 0.25) is 0 Å². The highest BCUT2D eigenvalue weighted by molar-refractivity contribution is 7.99. The minimum Gasteiger partial charge on any atom is -0.478 e. The van der Waals surface area contributed by atoms with Crippen molar-refractivity contribution in [1.82, 2.24) is 9.97 Å². The summed E-state index contributed by atoms with van der Waals surface area (Å²) in [4.78, 5) is 19.5. The van der Waals surface area contributed by atoms with E-state index in [9.17, 15) is 4.79 Å². The Labute approximate surface area is 102 Å². The van der Waals surface area contributed by atoms with Crippen molar-refractivity contribution in [3.8, 4) is 0 Å². The maximum absolute atomic E-state index is 10.7. The van der Waals surface area contributed by atoms with Crippen molar-refractivity contribution in [2.24, 2.45) is 0 Å². The Morgan fingerprint density at radius 1 is 1.35 bits per heavy atom. The van der Waals surface area contributed by atoms with Crippen molar-refractivity contribution in [2.75, 3.05) is 5.73 Å². The van der Waals surface area contributed by atoms with Crippen LogP contribution in [0.15, 0.2) is 46.7 Å². The van der Waals surface area contributed by atoms with Gasteiger partial charge in [0.1, 0.15) is 5.03 Å². The van der Waals surface area contributed by atoms with Gasteiger partial charge in [-0.2, -0.15) is 0 Å². The predicted molar refractivity (Wildman–Crippen MR) is 64.0 cm³/mol. The number of benzene rings is 1. The molecule has 86 valence electrons. The van der Waals surface area contributed by atoms with E-state index in [0.717, 1.165) is 4.90 Å². The summed E-state index contributed by atoms with van der Waals surface area (Å²) in [6, 6.07) is 4.61. The topological polar surface area (TPSA) is 89.1 Å². The van der Waals surface area contributed by atoms with E-state index < -0.39 is 5.97 Å². The first-order chi connectivity index (χ1) is 8.16. The molecule has 0 saturated carbocycles. The summed E-state index contributed by atoms with van der Waals surface area (Å²) in [7, 11) is 0. The Morgan fingerprint density at radius 3 is 2.76 bits per heavy atom. The van der Waals surface area contributed by atoms with E-state index in [1.165, 1.54) is 23.9 Å². The molecule has 3 N–H and O–H groups in total. The molecule has 0 aliphatic heterocycles. The first kappa shape index (κ1) is 11.4. The van der Waals surface area contributed by atoms with Crippen LogP contribution in [0.25, 0.3) is 0 Å². The molecule has 0 aliphatic carbocycles. The summed E-state index contributed by atoms with van der Waals surface area (Å²) in [6.45, 7) is 0. The average Bonchev–Trinajstić information content (AvgIpc) is 2.33. The number of aromatic carboxylic acids is 1. The lowest BCUT2D eigenvalue weighted by Crippen LogP contribution is -1.98. The number of hydrogen-bond acceptors (Lipinski definition) is 5. The molecule has 0 saturated heterocycles. The molecule has 1 heterocycles. The van der Waals surface area contributed by atoms with E-state index in [1.54, 1.807) is 24.7 Å². The van der Waals surface area contributed by atoms with Crippen molar-refractivity contribution >= 4 is 23.4 Å². The van der Waals surface area contributed by atoms with Crippen molar-refractivity contribution in [3.05, 3.63) is 42.4 Å². The highest BCUT2D eigenvalue weighted by Crippen LogP contribution is 2.30. The molecule has 0 amide bonds. The molecular weight excluding hydrogens is 238 g/mol. The SMILES string of the molecule is Nc1cc(C(=O)O)ccc1Sc1cnccn1. The fourth-order valence-electron chi connectivity index (χ4n) is 1.23. The van der Waals surface area contributed by atoms with Gasteiger partial charge in [0.25, 0.3) is 0 Å². The van der Waals surface area contributed by atoms with Crippen LogP contribution in [-0.4, -0.2) is 21.0 Å². The number of aromatic nitrogens is 2. The first-order valence-electron chi connectivity index (χ1n) is 4.73. The molecule has 5 nitrogen and oxygen atoms in total. The van der Waals surface area contributed by atoms with E-state index in [4.69, 9.17) is 10.8 Å². The van der Waals surface area contributed by atoms with Crippen molar-refractivity contribution in [3.63, 3.8) is 0 Å². The van der Waals surface area contributed by atoms with Crippen LogP contribution in [-0.2, 0) is 0 Å². The van der Waals surface area contributed by atoms with Gasteiger partial charge in [0.15, 0.2) is 0 Å². The van der Waals surface area contributed by atoms with Crippen LogP contribution in [0.2, 0.25) is 0 Å². The standard InChI is InChI=1S/C11H9N3O2S/c12-8-5-7(11(15)16)1-2-9(8)17-10-6-13-3-4-14-10/h1-6H,12H2,(H,15,16). The maximum Gasteiger partial charge on any atom is 0.335 e. The number of nitrogen functional groups attached to an aromatic ring is 1. The smallest absolute Gasteiger partial charge is 0.335 e. The van der Waals surface area contributed by atoms with Crippen LogP contribution >= 0.6 is 11.8 Å². The largest absolute Gasteiger partial charge is 0.478 e. The number of rotatable bonds is 3. The Bertz CT molecular complexity index is 546. The second-order valence-corrected chi connectivity index (χ2v) is 4.27. The fourth-order valence-corrected chi connectivity index (χ4v) is 1.99. The van der Waals surface area contributed by atoms with Crippen molar-refractivity contribution in [2.45, 2.75) is 9.92 Å². The molecule has 0 aliphatic rings. The van der Waals surface area contributed by atoms with Crippen LogP contribution in [0, 0.1) is 0 Å². The number of nitrogens with zero attached hydrogens (tertiary/aromatic N) is 2. The molecule has 0 bridgehead atoms. The number of carboxylic acid groups (broad SMARTS) is 1. The molecule has 0 radical (unpaired) electrons. The molecule has 0 fully saturated rings. The van der Waals surface area contributed by atoms with Gasteiger partial charge in [0, 0.05) is 23.0 Å². The van der Waals surface area contributed by atoms with Gasteiger partial charge >= 0.3 is 5.97 Å². The number of carboxylic acids is 1. The van der Waals surface area contributed by atoms with Crippen LogP contribution in [0.3, 0.4) is 0 Å². The molecule has 1 aromatic heterocycles. The normalized spacial score (nSPS) is 10.1. The lowest BCUT2D eigenvalue weighted by molar-refractivity contribution is 0.0697. The third kappa shape index (κ3) is 2.73. The van der Waals surface area contributed by atoms with Crippen molar-refractivity contribution < 1.29 is 9.90 Å². The second kappa shape index (κ2) is 4.84. The molecule has 1 aromatic carbocycles. The Hall–Kier alpha value is -2.08. The van der Waals surface area contributed by atoms with Crippen LogP contribution < -0.4 is 5.73 Å². The minimum absolute atomic E-state index is 0.172. The van der Waals surface area contributed by atoms with Crippen molar-refractivity contribution in [1.29, 1.82) is 0 Å². The van der Waals surface area contributed by atoms with Gasteiger partial charge < -0.3 is 10.8 Å². The number of anilines is 1. The predicted octanol–water partition coefficient (Wildman–Crippen LogP) is 1.91. The van der Waals surface area contributed by atoms with Crippen LogP contribution in [0.1, 0.15) is 10.4 Å². The molecule has 2 aromatic rings. The van der Waals surface area contributed by atoms with Gasteiger partial charge in [-0.3, -0.25) is 4.98 Å². The molecule has 0 atom stereocenters. The molecule has 0 unspecified atom stereocenters. The maximum atomic E-state index is 10.7. The number of nitrogens with two attached hydrogens (primary N) is 1. The third-order valence-corrected chi connectivity index (χ3v) is 3.02. The highest BCUT2D eigenvalue weighted by Gasteiger charge is 2.07. The minimum atomic E-state index is -0.993. The van der Waals surface area contributed by atoms with E-state index in [2.05, 4.69) is 9.97 Å². The first-order valence-corrected chi connectivity index (χ1v) is 5.55. The summed E-state index contributed by atoms with van der Waals surface area (Å²) >= 11 is 1.34. The molecule has 6 heteroatoms. The fraction of sp³-hybridized carbons (Fsp3) is 0. The number of carbonyl (C=O) groups is 1. The molecule has 2 rings (SSSR count). The van der Waals surface area contributed by atoms with Crippen LogP contribution in [0.4, 0.5) is 5.69 Å². The van der Waals surface area contributed by atoms with Gasteiger partial charge in [-0.05, 0) is 18.2 Å². The molecule has 0 spiro atoms. The summed E-state index contributed by atoms with van der Waals surface area (Å²) in [5, 5.41) is 9.52. The molecular formula is C11H9N3O2S. The average molecular weight is 247 g/mol. The Balaban J connectivity index is 2.26. The Morgan fingerprint density at radius 2 is 2.18 bits per heavy atom. The van der Waals surface area contributed by atoms with Gasteiger partial charge in [0.05, 0.1) is 11.8 Å². The number of hydrogen-bond donors (Lipinski definition) is 2. The third-order valence-electron chi connectivity index (χ3n) is 2.01. The summed E-state index contributed by atoms with van der Waals surface area (Å²) in [5.41, 5.74) is 6.36. The van der Waals surface area contributed by atoms with E-state index in [0.29, 0.717) is 10.7 Å². The summed E-state index contributed by atoms with van der Waals surface area (Å²) in [5.74, 6) is -0.993. The van der Waals surface area contributed by atoms with Gasteiger partial charge in [-0.15, -0.1) is 0 Å². The summed E-state index contributed by atoms with van der Waals surface area (Å²) in [6.07, 6.45) is 4.79. The van der Waals surface area contributed by atoms with E-state index >= 15 is 0 Å². The van der Waals surface area contributed by atoms with Crippen LogP contribution in [0.5, 0.6) is 0 Å². The zero-order valence-corrected chi connectivity index (χ0v) is 9.52. The Kier molecular flexibility index (Phi) is 3.24. The zero-order chi connectivity index (χ0) is 12.3. The lowest BCUT2D eigenvalue weighted by Gasteiger charge is -2.05. The highest BCUT2D eigenvalue weighted by atomic mass is 32.2. The summed E-state index contributed by atoms with van der Waals surface area (Å²) < 4.78 is 0. The monoisotopic (exact) mass is 247 g/mol. The van der Waals surface area contributed by atoms with E-state index in [1.807, 2.05) is 0 Å². The second-order valence-electron chi connectivity index (χ2n) is 3.20. The molecule has 17 heavy (non-hydrogen) atoms. The van der Waals surface area contributed by atoms with E-state index in [-0.39, 0.29) is 5.56 Å². The lowest BCUT2D eigenvalue weighted by atomic mass is 10.2. The van der Waals surface area contributed by atoms with Gasteiger partial charge in [-0.25, -0.2) is 9.78 Å². The van der Waals surface area contributed by atoms with Gasteiger partial charge in [-0.1, -0.05) is 11.8 Å².